The molecule has 1 aliphatic heterocycles. The van der Waals surface area contributed by atoms with Crippen LogP contribution in [-0.2, 0) is 12.8 Å². The summed E-state index contributed by atoms with van der Waals surface area (Å²) < 4.78 is 0. The van der Waals surface area contributed by atoms with Crippen LogP contribution in [0.1, 0.15) is 29.5 Å². The van der Waals surface area contributed by atoms with Crippen LogP contribution >= 0.6 is 11.8 Å². The van der Waals surface area contributed by atoms with Crippen LogP contribution < -0.4 is 5.73 Å². The van der Waals surface area contributed by atoms with Crippen LogP contribution in [0.2, 0.25) is 0 Å². The van der Waals surface area contributed by atoms with Gasteiger partial charge in [0.2, 0.25) is 0 Å². The number of rotatable bonds is 1. The highest BCUT2D eigenvalue weighted by Gasteiger charge is 2.26. The van der Waals surface area contributed by atoms with E-state index in [1.54, 1.807) is 0 Å². The van der Waals surface area contributed by atoms with E-state index in [0.29, 0.717) is 11.9 Å². The van der Waals surface area contributed by atoms with E-state index in [1.807, 2.05) is 11.8 Å². The molecule has 0 aromatic carbocycles. The predicted octanol–water partition coefficient (Wildman–Crippen LogP) is 1.27. The third-order valence-corrected chi connectivity index (χ3v) is 4.70. The first-order valence-electron chi connectivity index (χ1n) is 6.19. The largest absolute Gasteiger partial charge is 0.383 e. The number of nitrogen functional groups attached to an aromatic ring is 1. The molecular formula is C12H18N4S. The summed E-state index contributed by atoms with van der Waals surface area (Å²) in [6.45, 7) is 1.11. The van der Waals surface area contributed by atoms with Crippen molar-refractivity contribution in [3.8, 4) is 0 Å². The zero-order chi connectivity index (χ0) is 11.8. The van der Waals surface area contributed by atoms with Crippen LogP contribution in [0.3, 0.4) is 0 Å². The Morgan fingerprint density at radius 2 is 2.24 bits per heavy atom. The molecule has 5 heteroatoms. The van der Waals surface area contributed by atoms with Gasteiger partial charge in [-0.15, -0.1) is 0 Å². The molecule has 4 nitrogen and oxygen atoms in total. The zero-order valence-electron chi connectivity index (χ0n) is 10.1. The number of hydrogen-bond acceptors (Lipinski definition) is 5. The highest BCUT2D eigenvalue weighted by Crippen LogP contribution is 2.30. The predicted molar refractivity (Wildman–Crippen MR) is 71.2 cm³/mol. The van der Waals surface area contributed by atoms with E-state index in [9.17, 15) is 0 Å². The molecule has 1 fully saturated rings. The molecule has 1 aromatic heterocycles. The summed E-state index contributed by atoms with van der Waals surface area (Å²) in [7, 11) is 2.15. The van der Waals surface area contributed by atoms with Crippen LogP contribution in [0, 0.1) is 0 Å². The molecular weight excluding hydrogens is 232 g/mol. The van der Waals surface area contributed by atoms with Crippen LogP contribution in [0.4, 0.5) is 5.82 Å². The van der Waals surface area contributed by atoms with Crippen LogP contribution in [0.15, 0.2) is 0 Å². The van der Waals surface area contributed by atoms with Gasteiger partial charge in [0.1, 0.15) is 11.6 Å². The fourth-order valence-electron chi connectivity index (χ4n) is 2.59. The van der Waals surface area contributed by atoms with Gasteiger partial charge in [0.25, 0.3) is 0 Å². The minimum atomic E-state index is 0.335. The molecule has 3 rings (SSSR count). The number of fused-ring (bicyclic) bond motifs is 1. The minimum absolute atomic E-state index is 0.335. The van der Waals surface area contributed by atoms with Crippen molar-refractivity contribution in [3.05, 3.63) is 17.1 Å². The summed E-state index contributed by atoms with van der Waals surface area (Å²) >= 11 is 1.98. The zero-order valence-corrected chi connectivity index (χ0v) is 11.0. The summed E-state index contributed by atoms with van der Waals surface area (Å²) in [4.78, 5) is 11.6. The maximum absolute atomic E-state index is 6.05. The van der Waals surface area contributed by atoms with Gasteiger partial charge in [-0.2, -0.15) is 11.8 Å². The molecule has 0 amide bonds. The molecule has 0 saturated carbocycles. The molecule has 1 saturated heterocycles. The molecule has 17 heavy (non-hydrogen) atoms. The first kappa shape index (κ1) is 11.3. The smallest absolute Gasteiger partial charge is 0.148 e. The molecule has 1 unspecified atom stereocenters. The molecule has 0 spiro atoms. The molecule has 1 aromatic rings. The second-order valence-corrected chi connectivity index (χ2v) is 5.97. The first-order valence-corrected chi connectivity index (χ1v) is 7.34. The quantitative estimate of drug-likeness (QED) is 0.813. The van der Waals surface area contributed by atoms with Crippen molar-refractivity contribution in [3.63, 3.8) is 0 Å². The van der Waals surface area contributed by atoms with Gasteiger partial charge in [-0.1, -0.05) is 0 Å². The van der Waals surface area contributed by atoms with Gasteiger partial charge in [0, 0.05) is 29.3 Å². The third-order valence-electron chi connectivity index (χ3n) is 3.68. The highest BCUT2D eigenvalue weighted by atomic mass is 32.2. The van der Waals surface area contributed by atoms with Crippen LogP contribution in [0.25, 0.3) is 0 Å². The number of hydrogen-bond donors (Lipinski definition) is 1. The molecule has 1 atom stereocenters. The number of nitrogens with zero attached hydrogens (tertiary/aromatic N) is 3. The van der Waals surface area contributed by atoms with Crippen LogP contribution in [-0.4, -0.2) is 40.0 Å². The minimum Gasteiger partial charge on any atom is -0.383 e. The Bertz CT molecular complexity index is 435. The molecule has 92 valence electrons. The van der Waals surface area contributed by atoms with Crippen molar-refractivity contribution in [1.82, 2.24) is 14.9 Å². The maximum atomic E-state index is 6.05. The van der Waals surface area contributed by atoms with Crippen molar-refractivity contribution in [2.75, 3.05) is 30.8 Å². The number of anilines is 1. The van der Waals surface area contributed by atoms with E-state index in [2.05, 4.69) is 16.9 Å². The van der Waals surface area contributed by atoms with Gasteiger partial charge < -0.3 is 5.73 Å². The summed E-state index contributed by atoms with van der Waals surface area (Å²) in [5.41, 5.74) is 8.43. The normalized spacial score (nSPS) is 24.9. The van der Waals surface area contributed by atoms with Gasteiger partial charge in [0.05, 0.1) is 6.04 Å². The Hall–Kier alpha value is -0.810. The topological polar surface area (TPSA) is 55.0 Å². The molecule has 2 aliphatic rings. The molecule has 2 N–H and O–H groups in total. The van der Waals surface area contributed by atoms with Gasteiger partial charge in [-0.25, -0.2) is 9.97 Å². The number of thioether (sulfide) groups is 1. The van der Waals surface area contributed by atoms with Crippen LogP contribution in [0.5, 0.6) is 0 Å². The van der Waals surface area contributed by atoms with Crippen molar-refractivity contribution in [1.29, 1.82) is 0 Å². The number of aromatic nitrogens is 2. The third kappa shape index (κ3) is 2.02. The lowest BCUT2D eigenvalue weighted by Crippen LogP contribution is -2.34. The lowest BCUT2D eigenvalue weighted by atomic mass is 10.2. The molecule has 1 aliphatic carbocycles. The Morgan fingerprint density at radius 1 is 1.35 bits per heavy atom. The number of aryl methyl sites for hydroxylation is 1. The summed E-state index contributed by atoms with van der Waals surface area (Å²) in [6, 6.07) is 0.335. The summed E-state index contributed by atoms with van der Waals surface area (Å²) in [6.07, 6.45) is 3.29. The second-order valence-electron chi connectivity index (χ2n) is 4.82. The summed E-state index contributed by atoms with van der Waals surface area (Å²) in [5.74, 6) is 3.92. The lowest BCUT2D eigenvalue weighted by Gasteiger charge is -2.31. The fourth-order valence-corrected chi connectivity index (χ4v) is 3.80. The monoisotopic (exact) mass is 250 g/mol. The number of nitrogens with two attached hydrogens (primary N) is 1. The second kappa shape index (κ2) is 4.46. The van der Waals surface area contributed by atoms with Gasteiger partial charge in [-0.3, -0.25) is 4.90 Å². The average molecular weight is 250 g/mol. The Kier molecular flexibility index (Phi) is 2.96. The van der Waals surface area contributed by atoms with Crippen molar-refractivity contribution in [2.24, 2.45) is 0 Å². The Balaban J connectivity index is 1.95. The Labute approximate surface area is 106 Å². The lowest BCUT2D eigenvalue weighted by molar-refractivity contribution is 0.264. The van der Waals surface area contributed by atoms with E-state index in [-0.39, 0.29) is 0 Å². The summed E-state index contributed by atoms with van der Waals surface area (Å²) in [5, 5.41) is 0. The van der Waals surface area contributed by atoms with Crippen molar-refractivity contribution < 1.29 is 0 Å². The SMILES string of the molecule is CN1CCSCC1c1nc(N)c2c(n1)CCC2. The van der Waals surface area contributed by atoms with Crippen molar-refractivity contribution >= 4 is 17.6 Å². The first-order chi connectivity index (χ1) is 8.25. The van der Waals surface area contributed by atoms with E-state index < -0.39 is 0 Å². The average Bonchev–Trinajstić information content (AvgIpc) is 2.78. The van der Waals surface area contributed by atoms with E-state index in [4.69, 9.17) is 10.7 Å². The highest BCUT2D eigenvalue weighted by molar-refractivity contribution is 7.99. The van der Waals surface area contributed by atoms with Gasteiger partial charge in [-0.05, 0) is 26.3 Å². The van der Waals surface area contributed by atoms with Gasteiger partial charge >= 0.3 is 0 Å². The molecule has 2 heterocycles. The van der Waals surface area contributed by atoms with E-state index in [1.165, 1.54) is 23.4 Å². The van der Waals surface area contributed by atoms with Gasteiger partial charge in [0.15, 0.2) is 0 Å². The fraction of sp³-hybridized carbons (Fsp3) is 0.667. The van der Waals surface area contributed by atoms with E-state index in [0.717, 1.165) is 31.0 Å². The standard InChI is InChI=1S/C12H18N4S/c1-16-5-6-17-7-10(16)12-14-9-4-2-3-8(9)11(13)15-12/h10H,2-7H2,1H3,(H2,13,14,15). The van der Waals surface area contributed by atoms with E-state index >= 15 is 0 Å². The maximum Gasteiger partial charge on any atom is 0.148 e. The molecule has 0 bridgehead atoms. The van der Waals surface area contributed by atoms with Crippen molar-refractivity contribution in [2.45, 2.75) is 25.3 Å². The Morgan fingerprint density at radius 3 is 3.06 bits per heavy atom. The molecule has 0 radical (unpaired) electrons.